The van der Waals surface area contributed by atoms with E-state index in [1.54, 1.807) is 29.1 Å². The van der Waals surface area contributed by atoms with Crippen molar-refractivity contribution in [2.45, 2.75) is 11.8 Å². The smallest absolute Gasteiger partial charge is 0.209 e. The Morgan fingerprint density at radius 1 is 0.931 bits per heavy atom. The van der Waals surface area contributed by atoms with Crippen LogP contribution in [0.15, 0.2) is 82.7 Å². The molecule has 0 N–H and O–H groups in total. The fraction of sp³-hybridized carbons (Fsp3) is 0.0952. The van der Waals surface area contributed by atoms with Crippen LogP contribution in [0, 0.1) is 6.92 Å². The Labute approximate surface area is 167 Å². The van der Waals surface area contributed by atoms with Gasteiger partial charge in [-0.15, -0.1) is 0 Å². The van der Waals surface area contributed by atoms with Gasteiger partial charge in [-0.2, -0.15) is 10.2 Å². The fourth-order valence-corrected chi connectivity index (χ4v) is 3.62. The number of rotatable bonds is 4. The van der Waals surface area contributed by atoms with Crippen LogP contribution in [0.4, 0.5) is 0 Å². The molecule has 2 heterocycles. The quantitative estimate of drug-likeness (QED) is 0.520. The number of aromatic nitrogens is 4. The molecule has 0 aliphatic carbocycles. The van der Waals surface area contributed by atoms with Gasteiger partial charge in [0.15, 0.2) is 15.5 Å². The lowest BCUT2D eigenvalue weighted by Crippen LogP contribution is -2.15. The van der Waals surface area contributed by atoms with Gasteiger partial charge in [0.2, 0.25) is 5.43 Å². The molecule has 0 unspecified atom stereocenters. The zero-order valence-corrected chi connectivity index (χ0v) is 16.7. The first-order valence-corrected chi connectivity index (χ1v) is 10.7. The average Bonchev–Trinajstić information content (AvgIpc) is 3.18. The van der Waals surface area contributed by atoms with Crippen molar-refractivity contribution in [3.05, 3.63) is 88.8 Å². The van der Waals surface area contributed by atoms with Crippen LogP contribution in [0.25, 0.3) is 22.8 Å². The summed E-state index contributed by atoms with van der Waals surface area (Å²) >= 11 is 0. The Hall–Kier alpha value is -3.52. The van der Waals surface area contributed by atoms with E-state index in [1.807, 2.05) is 31.2 Å². The van der Waals surface area contributed by atoms with Crippen LogP contribution in [0.1, 0.15) is 5.56 Å². The highest BCUT2D eigenvalue weighted by atomic mass is 32.2. The van der Waals surface area contributed by atoms with Crippen LogP contribution in [0.5, 0.6) is 0 Å². The third-order valence-electron chi connectivity index (χ3n) is 4.48. The summed E-state index contributed by atoms with van der Waals surface area (Å²) in [6, 6.07) is 17.3. The molecule has 4 aromatic rings. The van der Waals surface area contributed by atoms with Gasteiger partial charge < -0.3 is 0 Å². The van der Waals surface area contributed by atoms with Crippen LogP contribution in [-0.2, 0) is 9.84 Å². The maximum Gasteiger partial charge on any atom is 0.209 e. The molecule has 7 nitrogen and oxygen atoms in total. The summed E-state index contributed by atoms with van der Waals surface area (Å²) in [5, 5.41) is 8.79. The predicted molar refractivity (Wildman–Crippen MR) is 110 cm³/mol. The van der Waals surface area contributed by atoms with Crippen molar-refractivity contribution >= 4 is 9.84 Å². The van der Waals surface area contributed by atoms with E-state index in [2.05, 4.69) is 10.2 Å². The molecule has 146 valence electrons. The monoisotopic (exact) mass is 406 g/mol. The van der Waals surface area contributed by atoms with Crippen molar-refractivity contribution in [2.24, 2.45) is 0 Å². The largest absolute Gasteiger partial charge is 0.287 e. The molecule has 0 saturated carbocycles. The van der Waals surface area contributed by atoms with Gasteiger partial charge in [-0.1, -0.05) is 23.8 Å². The van der Waals surface area contributed by atoms with E-state index < -0.39 is 9.84 Å². The van der Waals surface area contributed by atoms with Crippen LogP contribution in [-0.4, -0.2) is 34.2 Å². The molecule has 8 heteroatoms. The van der Waals surface area contributed by atoms with E-state index in [4.69, 9.17) is 0 Å². The average molecular weight is 406 g/mol. The van der Waals surface area contributed by atoms with Gasteiger partial charge in [0.05, 0.1) is 28.2 Å². The molecule has 0 atom stereocenters. The fourth-order valence-electron chi connectivity index (χ4n) is 2.96. The molecule has 0 saturated heterocycles. The third kappa shape index (κ3) is 3.74. The Kier molecular flexibility index (Phi) is 4.63. The summed E-state index contributed by atoms with van der Waals surface area (Å²) in [4.78, 5) is 12.7. The highest BCUT2D eigenvalue weighted by Gasteiger charge is 2.14. The van der Waals surface area contributed by atoms with Gasteiger partial charge >= 0.3 is 0 Å². The standard InChI is InChI=1S/C21H18N4O3S/c1-15-6-8-16(9-7-15)25-19(10-12-22-25)21-20(26)11-13-24(23-21)17-4-3-5-18(14-17)29(2,27)28/h3-14H,1-2H3. The van der Waals surface area contributed by atoms with Gasteiger partial charge in [-0.05, 0) is 43.3 Å². The first-order chi connectivity index (χ1) is 13.8. The number of nitrogens with zero attached hydrogens (tertiary/aromatic N) is 4. The second-order valence-corrected chi connectivity index (χ2v) is 8.72. The Morgan fingerprint density at radius 2 is 1.69 bits per heavy atom. The van der Waals surface area contributed by atoms with Gasteiger partial charge in [0, 0.05) is 18.5 Å². The van der Waals surface area contributed by atoms with Crippen molar-refractivity contribution < 1.29 is 8.42 Å². The predicted octanol–water partition coefficient (Wildman–Crippen LogP) is 2.80. The van der Waals surface area contributed by atoms with Crippen LogP contribution < -0.4 is 5.43 Å². The molecule has 0 aliphatic heterocycles. The minimum absolute atomic E-state index is 0.182. The molecule has 2 aromatic heterocycles. The lowest BCUT2D eigenvalue weighted by molar-refractivity contribution is 0.601. The summed E-state index contributed by atoms with van der Waals surface area (Å²) in [6.45, 7) is 2.00. The Bertz CT molecular complexity index is 1350. The minimum Gasteiger partial charge on any atom is -0.287 e. The summed E-state index contributed by atoms with van der Waals surface area (Å²) in [5.74, 6) is 0. The van der Waals surface area contributed by atoms with E-state index in [9.17, 15) is 13.2 Å². The van der Waals surface area contributed by atoms with Crippen molar-refractivity contribution in [2.75, 3.05) is 6.26 Å². The van der Waals surface area contributed by atoms with E-state index >= 15 is 0 Å². The third-order valence-corrected chi connectivity index (χ3v) is 5.59. The highest BCUT2D eigenvalue weighted by Crippen LogP contribution is 2.20. The van der Waals surface area contributed by atoms with Gasteiger partial charge in [0.1, 0.15) is 0 Å². The van der Waals surface area contributed by atoms with Crippen molar-refractivity contribution in [1.29, 1.82) is 0 Å². The van der Waals surface area contributed by atoms with Gasteiger partial charge in [-0.25, -0.2) is 17.8 Å². The van der Waals surface area contributed by atoms with Gasteiger partial charge in [-0.3, -0.25) is 4.79 Å². The molecule has 0 aliphatic rings. The molecule has 0 amide bonds. The zero-order valence-electron chi connectivity index (χ0n) is 15.9. The van der Waals surface area contributed by atoms with Crippen molar-refractivity contribution in [3.8, 4) is 22.8 Å². The number of benzene rings is 2. The summed E-state index contributed by atoms with van der Waals surface area (Å²) in [7, 11) is -3.36. The molecule has 4 rings (SSSR count). The van der Waals surface area contributed by atoms with Crippen molar-refractivity contribution in [3.63, 3.8) is 0 Å². The maximum atomic E-state index is 12.6. The highest BCUT2D eigenvalue weighted by molar-refractivity contribution is 7.90. The molecular formula is C21H18N4O3S. The van der Waals surface area contributed by atoms with Gasteiger partial charge in [0.25, 0.3) is 0 Å². The zero-order chi connectivity index (χ0) is 20.6. The second kappa shape index (κ2) is 7.14. The lowest BCUT2D eigenvalue weighted by atomic mass is 10.2. The summed E-state index contributed by atoms with van der Waals surface area (Å²) < 4.78 is 26.9. The first kappa shape index (κ1) is 18.8. The van der Waals surface area contributed by atoms with E-state index in [-0.39, 0.29) is 16.0 Å². The van der Waals surface area contributed by atoms with Crippen molar-refractivity contribution in [1.82, 2.24) is 19.6 Å². The second-order valence-electron chi connectivity index (χ2n) is 6.71. The minimum atomic E-state index is -3.36. The maximum absolute atomic E-state index is 12.6. The molecule has 0 radical (unpaired) electrons. The van der Waals surface area contributed by atoms with E-state index in [1.165, 1.54) is 29.1 Å². The molecule has 0 spiro atoms. The molecule has 0 fully saturated rings. The Balaban J connectivity index is 1.84. The summed E-state index contributed by atoms with van der Waals surface area (Å²) in [5.41, 5.74) is 2.98. The Morgan fingerprint density at radius 3 is 2.41 bits per heavy atom. The van der Waals surface area contributed by atoms with Crippen LogP contribution in [0.3, 0.4) is 0 Å². The molecule has 0 bridgehead atoms. The number of hydrogen-bond donors (Lipinski definition) is 0. The first-order valence-electron chi connectivity index (χ1n) is 8.85. The molecule has 2 aromatic carbocycles. The van der Waals surface area contributed by atoms with E-state index in [0.29, 0.717) is 11.4 Å². The number of hydrogen-bond acceptors (Lipinski definition) is 5. The number of sulfone groups is 1. The molecule has 29 heavy (non-hydrogen) atoms. The SMILES string of the molecule is Cc1ccc(-n2nccc2-c2nn(-c3cccc(S(C)(=O)=O)c3)ccc2=O)cc1. The normalized spacial score (nSPS) is 11.5. The topological polar surface area (TPSA) is 86.8 Å². The van der Waals surface area contributed by atoms with E-state index in [0.717, 1.165) is 17.5 Å². The number of aryl methyl sites for hydroxylation is 1. The van der Waals surface area contributed by atoms with Crippen LogP contribution >= 0.6 is 0 Å². The van der Waals surface area contributed by atoms with Crippen LogP contribution in [0.2, 0.25) is 0 Å². The summed E-state index contributed by atoms with van der Waals surface area (Å²) in [6.07, 6.45) is 4.27. The molecular weight excluding hydrogens is 388 g/mol. The lowest BCUT2D eigenvalue weighted by Gasteiger charge is -2.10.